The number of rotatable bonds is 3. The number of nitrogens with one attached hydrogen (secondary N) is 2. The van der Waals surface area contributed by atoms with E-state index in [0.717, 1.165) is 19.4 Å². The summed E-state index contributed by atoms with van der Waals surface area (Å²) in [7, 11) is 3.40. The molecule has 0 radical (unpaired) electrons. The molecule has 1 aliphatic rings. The molecule has 108 valence electrons. The number of piperidine rings is 1. The maximum atomic E-state index is 12.2. The van der Waals surface area contributed by atoms with Crippen molar-refractivity contribution in [3.05, 3.63) is 29.8 Å². The summed E-state index contributed by atoms with van der Waals surface area (Å²) in [5.74, 6) is -0.148. The van der Waals surface area contributed by atoms with Gasteiger partial charge in [0.2, 0.25) is 5.91 Å². The standard InChI is InChI=1S/C15H21N3O2/c1-18(2)15(20)12-7-3-4-8-13(12)17-14(19)11-6-5-9-16-10-11/h3-4,7-8,11,16H,5-6,9-10H2,1-2H3,(H,17,19)/t11-/m1/s1. The Labute approximate surface area is 119 Å². The van der Waals surface area contributed by atoms with Crippen LogP contribution in [-0.4, -0.2) is 43.9 Å². The van der Waals surface area contributed by atoms with Crippen LogP contribution < -0.4 is 10.6 Å². The Morgan fingerprint density at radius 3 is 2.70 bits per heavy atom. The highest BCUT2D eigenvalue weighted by Gasteiger charge is 2.22. The van der Waals surface area contributed by atoms with E-state index in [2.05, 4.69) is 10.6 Å². The van der Waals surface area contributed by atoms with Crippen LogP contribution in [0.3, 0.4) is 0 Å². The number of carbonyl (C=O) groups is 2. The molecule has 0 unspecified atom stereocenters. The van der Waals surface area contributed by atoms with E-state index in [1.165, 1.54) is 4.90 Å². The predicted molar refractivity (Wildman–Crippen MR) is 78.7 cm³/mol. The zero-order valence-electron chi connectivity index (χ0n) is 12.0. The van der Waals surface area contributed by atoms with Gasteiger partial charge < -0.3 is 15.5 Å². The smallest absolute Gasteiger partial charge is 0.255 e. The zero-order valence-corrected chi connectivity index (χ0v) is 12.0. The summed E-state index contributed by atoms with van der Waals surface area (Å²) in [5, 5.41) is 6.11. The SMILES string of the molecule is CN(C)C(=O)c1ccccc1NC(=O)[C@@H]1CCCNC1. The normalized spacial score (nSPS) is 18.4. The van der Waals surface area contributed by atoms with E-state index in [0.29, 0.717) is 17.8 Å². The van der Waals surface area contributed by atoms with Gasteiger partial charge in [-0.15, -0.1) is 0 Å². The van der Waals surface area contributed by atoms with Gasteiger partial charge in [-0.3, -0.25) is 9.59 Å². The third-order valence-corrected chi connectivity index (χ3v) is 3.49. The van der Waals surface area contributed by atoms with Crippen molar-refractivity contribution in [1.82, 2.24) is 10.2 Å². The number of hydrogen-bond acceptors (Lipinski definition) is 3. The summed E-state index contributed by atoms with van der Waals surface area (Å²) in [6.07, 6.45) is 1.90. The van der Waals surface area contributed by atoms with Crippen LogP contribution in [0.2, 0.25) is 0 Å². The lowest BCUT2D eigenvalue weighted by Gasteiger charge is -2.22. The second kappa shape index (κ2) is 6.52. The minimum absolute atomic E-state index is 0.0174. The Morgan fingerprint density at radius 1 is 1.30 bits per heavy atom. The van der Waals surface area contributed by atoms with Gasteiger partial charge in [0.25, 0.3) is 5.91 Å². The number of hydrogen-bond donors (Lipinski definition) is 2. The number of amides is 2. The zero-order chi connectivity index (χ0) is 14.5. The van der Waals surface area contributed by atoms with E-state index in [1.54, 1.807) is 32.3 Å². The quantitative estimate of drug-likeness (QED) is 0.875. The van der Waals surface area contributed by atoms with Crippen LogP contribution in [0.5, 0.6) is 0 Å². The number of benzene rings is 1. The van der Waals surface area contributed by atoms with Crippen LogP contribution in [0.25, 0.3) is 0 Å². The average Bonchev–Trinajstić information content (AvgIpc) is 2.48. The maximum absolute atomic E-state index is 12.2. The summed E-state index contributed by atoms with van der Waals surface area (Å²) in [6, 6.07) is 7.12. The Bertz CT molecular complexity index is 494. The minimum Gasteiger partial charge on any atom is -0.345 e. The fourth-order valence-electron chi connectivity index (χ4n) is 2.33. The molecule has 0 aromatic heterocycles. The molecular formula is C15H21N3O2. The van der Waals surface area contributed by atoms with Gasteiger partial charge in [0.05, 0.1) is 17.2 Å². The summed E-state index contributed by atoms with van der Waals surface area (Å²) >= 11 is 0. The van der Waals surface area contributed by atoms with E-state index in [1.807, 2.05) is 6.07 Å². The van der Waals surface area contributed by atoms with Crippen molar-refractivity contribution < 1.29 is 9.59 Å². The lowest BCUT2D eigenvalue weighted by molar-refractivity contribution is -0.120. The first-order chi connectivity index (χ1) is 9.59. The van der Waals surface area contributed by atoms with Crippen LogP contribution in [0.15, 0.2) is 24.3 Å². The molecule has 5 heteroatoms. The van der Waals surface area contributed by atoms with Crippen LogP contribution >= 0.6 is 0 Å². The second-order valence-electron chi connectivity index (χ2n) is 5.28. The molecule has 1 aromatic rings. The molecular weight excluding hydrogens is 254 g/mol. The summed E-state index contributed by atoms with van der Waals surface area (Å²) in [5.41, 5.74) is 1.11. The second-order valence-corrected chi connectivity index (χ2v) is 5.28. The fraction of sp³-hybridized carbons (Fsp3) is 0.467. The van der Waals surface area contributed by atoms with Gasteiger partial charge in [0.1, 0.15) is 0 Å². The van der Waals surface area contributed by atoms with Gasteiger partial charge in [-0.05, 0) is 31.5 Å². The molecule has 0 bridgehead atoms. The van der Waals surface area contributed by atoms with Gasteiger partial charge >= 0.3 is 0 Å². The Kier molecular flexibility index (Phi) is 4.74. The van der Waals surface area contributed by atoms with Gasteiger partial charge in [-0.1, -0.05) is 12.1 Å². The van der Waals surface area contributed by atoms with E-state index in [9.17, 15) is 9.59 Å². The third kappa shape index (κ3) is 3.36. The summed E-state index contributed by atoms with van der Waals surface area (Å²) in [6.45, 7) is 1.68. The first-order valence-electron chi connectivity index (χ1n) is 6.92. The molecule has 2 N–H and O–H groups in total. The molecule has 1 aromatic carbocycles. The van der Waals surface area contributed by atoms with Crippen LogP contribution in [0, 0.1) is 5.92 Å². The predicted octanol–water partition coefficient (Wildman–Crippen LogP) is 1.33. The minimum atomic E-state index is -0.109. The van der Waals surface area contributed by atoms with Crippen molar-refractivity contribution in [2.45, 2.75) is 12.8 Å². The van der Waals surface area contributed by atoms with Crippen LogP contribution in [0.4, 0.5) is 5.69 Å². The van der Waals surface area contributed by atoms with Crippen molar-refractivity contribution in [3.63, 3.8) is 0 Å². The maximum Gasteiger partial charge on any atom is 0.255 e. The van der Waals surface area contributed by atoms with Crippen LogP contribution in [0.1, 0.15) is 23.2 Å². The lowest BCUT2D eigenvalue weighted by atomic mass is 9.98. The average molecular weight is 275 g/mol. The van der Waals surface area contributed by atoms with Gasteiger partial charge in [-0.2, -0.15) is 0 Å². The molecule has 0 saturated carbocycles. The third-order valence-electron chi connectivity index (χ3n) is 3.49. The first kappa shape index (κ1) is 14.5. The molecule has 0 spiro atoms. The largest absolute Gasteiger partial charge is 0.345 e. The van der Waals surface area contributed by atoms with Crippen molar-refractivity contribution in [2.24, 2.45) is 5.92 Å². The number of nitrogens with zero attached hydrogens (tertiary/aromatic N) is 1. The van der Waals surface area contributed by atoms with Crippen LogP contribution in [-0.2, 0) is 4.79 Å². The molecule has 5 nitrogen and oxygen atoms in total. The van der Waals surface area contributed by atoms with E-state index in [4.69, 9.17) is 0 Å². The summed E-state index contributed by atoms with van der Waals surface area (Å²) < 4.78 is 0. The van der Waals surface area contributed by atoms with E-state index < -0.39 is 0 Å². The highest BCUT2D eigenvalue weighted by Crippen LogP contribution is 2.19. The van der Waals surface area contributed by atoms with Crippen molar-refractivity contribution in [3.8, 4) is 0 Å². The molecule has 1 aliphatic heterocycles. The van der Waals surface area contributed by atoms with Gasteiger partial charge in [0, 0.05) is 20.6 Å². The van der Waals surface area contributed by atoms with Crippen molar-refractivity contribution in [1.29, 1.82) is 0 Å². The summed E-state index contributed by atoms with van der Waals surface area (Å²) in [4.78, 5) is 25.8. The number of carbonyl (C=O) groups excluding carboxylic acids is 2. The van der Waals surface area contributed by atoms with Gasteiger partial charge in [0.15, 0.2) is 0 Å². The van der Waals surface area contributed by atoms with E-state index in [-0.39, 0.29) is 17.7 Å². The highest BCUT2D eigenvalue weighted by molar-refractivity contribution is 6.04. The monoisotopic (exact) mass is 275 g/mol. The fourth-order valence-corrected chi connectivity index (χ4v) is 2.33. The lowest BCUT2D eigenvalue weighted by Crippen LogP contribution is -2.37. The first-order valence-corrected chi connectivity index (χ1v) is 6.92. The Balaban J connectivity index is 2.12. The number of anilines is 1. The Morgan fingerprint density at radius 2 is 2.05 bits per heavy atom. The molecule has 0 aliphatic carbocycles. The topological polar surface area (TPSA) is 61.4 Å². The van der Waals surface area contributed by atoms with Gasteiger partial charge in [-0.25, -0.2) is 0 Å². The molecule has 1 saturated heterocycles. The molecule has 20 heavy (non-hydrogen) atoms. The molecule has 2 rings (SSSR count). The Hall–Kier alpha value is -1.88. The molecule has 1 heterocycles. The van der Waals surface area contributed by atoms with E-state index >= 15 is 0 Å². The van der Waals surface area contributed by atoms with Crippen molar-refractivity contribution >= 4 is 17.5 Å². The van der Waals surface area contributed by atoms with Crippen molar-refractivity contribution in [2.75, 3.05) is 32.5 Å². The molecule has 1 fully saturated rings. The number of para-hydroxylation sites is 1. The molecule has 2 amide bonds. The highest BCUT2D eigenvalue weighted by atomic mass is 16.2. The molecule has 1 atom stereocenters.